The molecule has 0 amide bonds. The molecule has 3 nitrogen and oxygen atoms in total. The van der Waals surface area contributed by atoms with Gasteiger partial charge in [0, 0.05) is 40.0 Å². The molecule has 9 aromatic rings. The van der Waals surface area contributed by atoms with E-state index in [1.54, 1.807) is 6.20 Å². The predicted octanol–water partition coefficient (Wildman–Crippen LogP) is 13.1. The minimum atomic E-state index is 0.785. The van der Waals surface area contributed by atoms with Crippen molar-refractivity contribution in [1.82, 2.24) is 4.98 Å². The van der Waals surface area contributed by atoms with E-state index in [0.29, 0.717) is 0 Å². The van der Waals surface area contributed by atoms with Gasteiger partial charge in [0.1, 0.15) is 5.58 Å². The Balaban J connectivity index is 1.13. The quantitative estimate of drug-likeness (QED) is 0.174. The number of hydrogen-bond acceptors (Lipinski definition) is 3. The van der Waals surface area contributed by atoms with Crippen molar-refractivity contribution in [1.29, 1.82) is 0 Å². The highest BCUT2D eigenvalue weighted by Gasteiger charge is 2.19. The van der Waals surface area contributed by atoms with Crippen molar-refractivity contribution >= 4 is 39.0 Å². The summed E-state index contributed by atoms with van der Waals surface area (Å²) < 4.78 is 6.31. The van der Waals surface area contributed by atoms with Crippen LogP contribution >= 0.6 is 0 Å². The van der Waals surface area contributed by atoms with Gasteiger partial charge in [0.2, 0.25) is 0 Å². The summed E-state index contributed by atoms with van der Waals surface area (Å²) in [5, 5.41) is 2.14. The molecule has 9 rings (SSSR count). The van der Waals surface area contributed by atoms with Crippen molar-refractivity contribution in [2.24, 2.45) is 0 Å². The van der Waals surface area contributed by atoms with Gasteiger partial charge in [-0.2, -0.15) is 0 Å². The molecule has 0 fully saturated rings. The molecule has 0 saturated heterocycles. The molecule has 0 aliphatic heterocycles. The summed E-state index contributed by atoms with van der Waals surface area (Å²) in [6, 6.07) is 64.6. The van der Waals surface area contributed by atoms with Gasteiger partial charge in [0.25, 0.3) is 0 Å². The summed E-state index contributed by atoms with van der Waals surface area (Å²) in [7, 11) is 0. The van der Waals surface area contributed by atoms with Crippen LogP contribution < -0.4 is 4.90 Å². The molecule has 0 spiro atoms. The van der Waals surface area contributed by atoms with E-state index in [1.165, 1.54) is 33.4 Å². The van der Waals surface area contributed by atoms with E-state index in [9.17, 15) is 0 Å². The number of pyridine rings is 1. The normalized spacial score (nSPS) is 11.2. The fourth-order valence-electron chi connectivity index (χ4n) is 6.86. The monoisotopic (exact) mass is 640 g/mol. The van der Waals surface area contributed by atoms with Crippen molar-refractivity contribution in [2.45, 2.75) is 0 Å². The van der Waals surface area contributed by atoms with Crippen molar-refractivity contribution in [3.63, 3.8) is 0 Å². The van der Waals surface area contributed by atoms with E-state index in [0.717, 1.165) is 50.1 Å². The van der Waals surface area contributed by atoms with E-state index >= 15 is 0 Å². The molecule has 0 atom stereocenters. The van der Waals surface area contributed by atoms with Gasteiger partial charge in [-0.3, -0.25) is 4.98 Å². The highest BCUT2D eigenvalue weighted by Crippen LogP contribution is 2.43. The SMILES string of the molecule is c1ccc(-c2ccc(-c3ccc(N(c4ccc5c(c4)oc4cnccc45)c4ccccc4-c4ccc(-c5ccccc5)cc4)cc3)cc2)cc1. The molecule has 0 N–H and O–H groups in total. The number of anilines is 3. The highest BCUT2D eigenvalue weighted by atomic mass is 16.3. The van der Waals surface area contributed by atoms with Crippen LogP contribution in [0, 0.1) is 0 Å². The van der Waals surface area contributed by atoms with Gasteiger partial charge < -0.3 is 9.32 Å². The lowest BCUT2D eigenvalue weighted by molar-refractivity contribution is 0.667. The minimum Gasteiger partial charge on any atom is -0.454 e. The molecule has 0 aliphatic carbocycles. The molecule has 50 heavy (non-hydrogen) atoms. The van der Waals surface area contributed by atoms with Crippen molar-refractivity contribution < 1.29 is 4.42 Å². The fourth-order valence-corrected chi connectivity index (χ4v) is 6.86. The first-order valence-electron chi connectivity index (χ1n) is 16.9. The van der Waals surface area contributed by atoms with E-state index in [4.69, 9.17) is 4.42 Å². The molecule has 2 heterocycles. The Labute approximate surface area is 291 Å². The number of para-hydroxylation sites is 1. The van der Waals surface area contributed by atoms with Crippen molar-refractivity contribution in [3.8, 4) is 44.5 Å². The number of furan rings is 1. The second kappa shape index (κ2) is 12.7. The number of rotatable bonds is 7. The van der Waals surface area contributed by atoms with Crippen LogP contribution in [0.25, 0.3) is 66.4 Å². The molecule has 7 aromatic carbocycles. The lowest BCUT2D eigenvalue weighted by Crippen LogP contribution is -2.11. The smallest absolute Gasteiger partial charge is 0.153 e. The van der Waals surface area contributed by atoms with Crippen molar-refractivity contribution in [3.05, 3.63) is 194 Å². The van der Waals surface area contributed by atoms with Crippen LogP contribution in [0.2, 0.25) is 0 Å². The van der Waals surface area contributed by atoms with Crippen LogP contribution in [0.1, 0.15) is 0 Å². The zero-order valence-electron chi connectivity index (χ0n) is 27.3. The van der Waals surface area contributed by atoms with Crippen LogP contribution in [-0.4, -0.2) is 4.98 Å². The lowest BCUT2D eigenvalue weighted by Gasteiger charge is -2.28. The predicted molar refractivity (Wildman–Crippen MR) is 208 cm³/mol. The Morgan fingerprint density at radius 3 is 1.48 bits per heavy atom. The Hall–Kier alpha value is -6.71. The molecule has 0 unspecified atom stereocenters. The molecular weight excluding hydrogens is 609 g/mol. The van der Waals surface area contributed by atoms with E-state index in [2.05, 4.69) is 186 Å². The second-order valence-electron chi connectivity index (χ2n) is 12.4. The van der Waals surface area contributed by atoms with Gasteiger partial charge in [-0.25, -0.2) is 0 Å². The second-order valence-corrected chi connectivity index (χ2v) is 12.4. The number of hydrogen-bond donors (Lipinski definition) is 0. The number of benzene rings is 7. The van der Waals surface area contributed by atoms with Gasteiger partial charge in [0.05, 0.1) is 11.9 Å². The van der Waals surface area contributed by atoms with E-state index in [-0.39, 0.29) is 0 Å². The average molecular weight is 641 g/mol. The Morgan fingerprint density at radius 2 is 0.860 bits per heavy atom. The zero-order valence-corrected chi connectivity index (χ0v) is 27.3. The first-order valence-corrected chi connectivity index (χ1v) is 16.9. The van der Waals surface area contributed by atoms with E-state index in [1.807, 2.05) is 12.3 Å². The fraction of sp³-hybridized carbons (Fsp3) is 0. The summed E-state index contributed by atoms with van der Waals surface area (Å²) in [6.45, 7) is 0. The topological polar surface area (TPSA) is 29.3 Å². The van der Waals surface area contributed by atoms with Crippen LogP contribution in [0.5, 0.6) is 0 Å². The summed E-state index contributed by atoms with van der Waals surface area (Å²) in [5.74, 6) is 0. The highest BCUT2D eigenvalue weighted by molar-refractivity contribution is 6.06. The maximum absolute atomic E-state index is 6.31. The Kier molecular flexibility index (Phi) is 7.49. The molecule has 0 saturated carbocycles. The summed E-state index contributed by atoms with van der Waals surface area (Å²) >= 11 is 0. The van der Waals surface area contributed by atoms with Crippen LogP contribution in [0.4, 0.5) is 17.1 Å². The van der Waals surface area contributed by atoms with Gasteiger partial charge >= 0.3 is 0 Å². The molecular formula is C47H32N2O. The number of aromatic nitrogens is 1. The summed E-state index contributed by atoms with van der Waals surface area (Å²) in [5.41, 5.74) is 14.2. The largest absolute Gasteiger partial charge is 0.454 e. The number of nitrogens with zero attached hydrogens (tertiary/aromatic N) is 2. The third kappa shape index (κ3) is 5.51. The average Bonchev–Trinajstić information content (AvgIpc) is 3.57. The first-order chi connectivity index (χ1) is 24.8. The van der Waals surface area contributed by atoms with Crippen LogP contribution in [-0.2, 0) is 0 Å². The van der Waals surface area contributed by atoms with Gasteiger partial charge in [-0.15, -0.1) is 0 Å². The molecule has 0 bridgehead atoms. The van der Waals surface area contributed by atoms with Crippen LogP contribution in [0.15, 0.2) is 199 Å². The van der Waals surface area contributed by atoms with Crippen LogP contribution in [0.3, 0.4) is 0 Å². The molecule has 2 aromatic heterocycles. The first kappa shape index (κ1) is 29.4. The zero-order chi connectivity index (χ0) is 33.3. The van der Waals surface area contributed by atoms with Crippen molar-refractivity contribution in [2.75, 3.05) is 4.90 Å². The molecule has 3 heteroatoms. The molecule has 0 radical (unpaired) electrons. The van der Waals surface area contributed by atoms with E-state index < -0.39 is 0 Å². The summed E-state index contributed by atoms with van der Waals surface area (Å²) in [4.78, 5) is 6.61. The Bertz CT molecular complexity index is 2550. The minimum absolute atomic E-state index is 0.785. The number of fused-ring (bicyclic) bond motifs is 3. The third-order valence-electron chi connectivity index (χ3n) is 9.42. The lowest BCUT2D eigenvalue weighted by atomic mass is 9.98. The maximum atomic E-state index is 6.31. The third-order valence-corrected chi connectivity index (χ3v) is 9.42. The molecule has 0 aliphatic rings. The standard InChI is InChI=1S/C47H32N2O/c1-3-9-33(10-4-1)35-15-17-37(18-16-35)38-23-25-40(26-24-38)49(41-27-28-43-44-29-30-48-32-47(44)50-46(43)31-41)45-14-8-7-13-42(45)39-21-19-36(20-22-39)34-11-5-2-6-12-34/h1-32H. The summed E-state index contributed by atoms with van der Waals surface area (Å²) in [6.07, 6.45) is 3.60. The van der Waals surface area contributed by atoms with Gasteiger partial charge in [-0.05, 0) is 75.3 Å². The molecule has 236 valence electrons. The Morgan fingerprint density at radius 1 is 0.380 bits per heavy atom. The van der Waals surface area contributed by atoms with Gasteiger partial charge in [0.15, 0.2) is 5.58 Å². The van der Waals surface area contributed by atoms with Gasteiger partial charge in [-0.1, -0.05) is 140 Å². The maximum Gasteiger partial charge on any atom is 0.153 e.